The van der Waals surface area contributed by atoms with Crippen LogP contribution in [0.4, 0.5) is 13.2 Å². The zero-order valence-electron chi connectivity index (χ0n) is 19.0. The molecule has 1 heterocycles. The van der Waals surface area contributed by atoms with E-state index in [4.69, 9.17) is 5.11 Å². The maximum absolute atomic E-state index is 13.6. The number of carbonyl (C=O) groups is 1. The molecule has 0 aliphatic carbocycles. The molecular weight excluding hydrogens is 634 g/mol. The normalized spacial score (nSPS) is 11.3. The molecule has 0 aliphatic heterocycles. The fraction of sp³-hybridized carbons (Fsp3) is 0.148. The van der Waals surface area contributed by atoms with Crippen molar-refractivity contribution in [2.24, 2.45) is 0 Å². The van der Waals surface area contributed by atoms with Crippen LogP contribution in [-0.4, -0.2) is 15.9 Å². The molecule has 4 aromatic rings. The van der Waals surface area contributed by atoms with Gasteiger partial charge in [0.2, 0.25) is 0 Å². The topological polar surface area (TPSA) is 74.0 Å². The Kier molecular flexibility index (Phi) is 8.92. The molecular formula is C27H20F3IrN2O2-. The maximum Gasteiger partial charge on any atom is 0.417 e. The van der Waals surface area contributed by atoms with Crippen molar-refractivity contribution in [1.29, 1.82) is 5.26 Å². The van der Waals surface area contributed by atoms with E-state index >= 15 is 0 Å². The van der Waals surface area contributed by atoms with Gasteiger partial charge in [0.25, 0.3) is 0 Å². The number of aromatic nitrogens is 1. The number of aryl methyl sites for hydroxylation is 1. The van der Waals surface area contributed by atoms with Crippen molar-refractivity contribution in [3.8, 4) is 17.3 Å². The fourth-order valence-corrected chi connectivity index (χ4v) is 3.70. The second-order valence-corrected chi connectivity index (χ2v) is 7.66. The number of halogens is 3. The van der Waals surface area contributed by atoms with Gasteiger partial charge in [0.15, 0.2) is 5.78 Å². The molecule has 0 amide bonds. The Morgan fingerprint density at radius 3 is 2.34 bits per heavy atom. The average Bonchev–Trinajstić information content (AvgIpc) is 2.76. The minimum absolute atomic E-state index is 0. The van der Waals surface area contributed by atoms with Crippen LogP contribution in [0.1, 0.15) is 30.5 Å². The van der Waals surface area contributed by atoms with E-state index in [1.165, 1.54) is 45.2 Å². The third-order valence-electron chi connectivity index (χ3n) is 5.00. The smallest absolute Gasteiger partial charge is 0.417 e. The summed E-state index contributed by atoms with van der Waals surface area (Å²) in [5.74, 6) is -0.0625. The molecule has 0 atom stereocenters. The van der Waals surface area contributed by atoms with E-state index in [9.17, 15) is 23.2 Å². The number of rotatable bonds is 2. The number of nitrogens with zero attached hydrogens (tertiary/aromatic N) is 2. The molecule has 8 heteroatoms. The first-order valence-electron chi connectivity index (χ1n) is 10.2. The zero-order chi connectivity index (χ0) is 25.0. The predicted molar refractivity (Wildman–Crippen MR) is 125 cm³/mol. The second-order valence-electron chi connectivity index (χ2n) is 7.66. The molecule has 4 rings (SSSR count). The summed E-state index contributed by atoms with van der Waals surface area (Å²) in [5.41, 5.74) is 0.798. The maximum atomic E-state index is 13.6. The van der Waals surface area contributed by atoms with E-state index in [0.717, 1.165) is 5.39 Å². The fourth-order valence-electron chi connectivity index (χ4n) is 3.70. The Morgan fingerprint density at radius 1 is 1.09 bits per heavy atom. The Hall–Kier alpha value is -3.53. The van der Waals surface area contributed by atoms with Crippen LogP contribution < -0.4 is 0 Å². The van der Waals surface area contributed by atoms with Gasteiger partial charge in [-0.05, 0) is 48.7 Å². The van der Waals surface area contributed by atoms with Crippen LogP contribution in [0, 0.1) is 24.3 Å². The van der Waals surface area contributed by atoms with E-state index in [0.29, 0.717) is 27.6 Å². The molecule has 0 fully saturated rings. The summed E-state index contributed by atoms with van der Waals surface area (Å²) in [6, 6.07) is 18.7. The summed E-state index contributed by atoms with van der Waals surface area (Å²) in [7, 11) is 0. The standard InChI is InChI=1S/C22H12F3N2.C5H8O2.Ir/c1-13-6-7-19-18(20(13)22(23,24)25)8-9-27-21(19)15-10-14-4-2-3-5-17(14)16(11-15)12-26;1-4(6)3-5(2)7;/h2-9,11H,1H3;3,6H,1-2H3;/q-1;;/b;4-3-;. The molecule has 1 radical (unpaired) electrons. The first-order valence-corrected chi connectivity index (χ1v) is 10.2. The molecule has 0 spiro atoms. The summed E-state index contributed by atoms with van der Waals surface area (Å²) in [4.78, 5) is 14.3. The molecule has 4 nitrogen and oxygen atoms in total. The molecule has 181 valence electrons. The molecule has 35 heavy (non-hydrogen) atoms. The average molecular weight is 654 g/mol. The number of aliphatic hydroxyl groups excluding tert-OH is 1. The number of hydrogen-bond donors (Lipinski definition) is 1. The van der Waals surface area contributed by atoms with Gasteiger partial charge >= 0.3 is 6.18 Å². The zero-order valence-corrected chi connectivity index (χ0v) is 21.4. The van der Waals surface area contributed by atoms with Crippen molar-refractivity contribution in [3.05, 3.63) is 89.3 Å². The second kappa shape index (κ2) is 11.3. The summed E-state index contributed by atoms with van der Waals surface area (Å²) in [6.07, 6.45) is -1.94. The van der Waals surface area contributed by atoms with E-state index in [-0.39, 0.29) is 42.6 Å². The van der Waals surface area contributed by atoms with E-state index in [1.54, 1.807) is 12.1 Å². The van der Waals surface area contributed by atoms with Crippen molar-refractivity contribution in [3.63, 3.8) is 0 Å². The van der Waals surface area contributed by atoms with Gasteiger partial charge in [0, 0.05) is 38.1 Å². The van der Waals surface area contributed by atoms with E-state index < -0.39 is 11.7 Å². The van der Waals surface area contributed by atoms with Gasteiger partial charge in [-0.15, -0.1) is 23.6 Å². The van der Waals surface area contributed by atoms with Crippen molar-refractivity contribution in [1.82, 2.24) is 4.98 Å². The molecule has 0 aliphatic rings. The summed E-state index contributed by atoms with van der Waals surface area (Å²) in [6.45, 7) is 4.29. The number of hydrogen-bond acceptors (Lipinski definition) is 4. The van der Waals surface area contributed by atoms with Gasteiger partial charge in [-0.2, -0.15) is 18.4 Å². The van der Waals surface area contributed by atoms with Gasteiger partial charge in [0.05, 0.1) is 17.4 Å². The van der Waals surface area contributed by atoms with E-state index in [1.807, 2.05) is 24.3 Å². The third kappa shape index (κ3) is 6.33. The van der Waals surface area contributed by atoms with Crippen LogP contribution in [-0.2, 0) is 31.1 Å². The Labute approximate surface area is 214 Å². The van der Waals surface area contributed by atoms with Crippen molar-refractivity contribution >= 4 is 27.3 Å². The summed E-state index contributed by atoms with van der Waals surface area (Å²) in [5, 5.41) is 19.8. The van der Waals surface area contributed by atoms with E-state index in [2.05, 4.69) is 17.1 Å². The SMILES string of the molecule is CC(=O)/C=C(/C)O.Cc1ccc2c(-c3[c-]c4ccccc4c(C#N)c3)nccc2c1C(F)(F)F.[Ir]. The van der Waals surface area contributed by atoms with Crippen molar-refractivity contribution in [2.45, 2.75) is 26.9 Å². The molecule has 0 bridgehead atoms. The molecule has 0 saturated carbocycles. The molecule has 0 saturated heterocycles. The number of allylic oxidation sites excluding steroid dienone is 2. The number of pyridine rings is 1. The minimum atomic E-state index is -4.47. The van der Waals surface area contributed by atoms with Gasteiger partial charge < -0.3 is 5.11 Å². The first-order chi connectivity index (χ1) is 16.0. The van der Waals surface area contributed by atoms with Crippen LogP contribution in [0.5, 0.6) is 0 Å². The quantitative estimate of drug-likeness (QED) is 0.143. The minimum Gasteiger partial charge on any atom is -0.512 e. The van der Waals surface area contributed by atoms with Gasteiger partial charge in [-0.25, -0.2) is 0 Å². The molecule has 3 aromatic carbocycles. The molecule has 1 N–H and O–H groups in total. The number of alkyl halides is 3. The van der Waals surface area contributed by atoms with Crippen LogP contribution in [0.25, 0.3) is 32.8 Å². The summed E-state index contributed by atoms with van der Waals surface area (Å²) < 4.78 is 40.7. The number of aliphatic hydroxyl groups is 1. The largest absolute Gasteiger partial charge is 0.512 e. The van der Waals surface area contributed by atoms with Gasteiger partial charge in [0.1, 0.15) is 0 Å². The van der Waals surface area contributed by atoms with Crippen LogP contribution in [0.3, 0.4) is 0 Å². The molecule has 0 unspecified atom stereocenters. The monoisotopic (exact) mass is 654 g/mol. The van der Waals surface area contributed by atoms with Crippen LogP contribution >= 0.6 is 0 Å². The Balaban J connectivity index is 0.000000476. The number of fused-ring (bicyclic) bond motifs is 2. The van der Waals surface area contributed by atoms with Crippen molar-refractivity contribution < 1.29 is 43.2 Å². The first kappa shape index (κ1) is 27.7. The number of carbonyl (C=O) groups excluding carboxylic acids is 1. The Morgan fingerprint density at radius 2 is 1.77 bits per heavy atom. The summed E-state index contributed by atoms with van der Waals surface area (Å²) >= 11 is 0. The predicted octanol–water partition coefficient (Wildman–Crippen LogP) is 7.09. The number of ketones is 1. The van der Waals surface area contributed by atoms with Gasteiger partial charge in [-0.3, -0.25) is 9.78 Å². The molecule has 1 aromatic heterocycles. The van der Waals surface area contributed by atoms with Crippen LogP contribution in [0.2, 0.25) is 0 Å². The third-order valence-corrected chi connectivity index (χ3v) is 5.00. The number of benzene rings is 3. The van der Waals surface area contributed by atoms with Gasteiger partial charge in [-0.1, -0.05) is 41.3 Å². The number of nitriles is 1. The Bertz CT molecular complexity index is 1470. The van der Waals surface area contributed by atoms with Crippen molar-refractivity contribution in [2.75, 3.05) is 0 Å². The van der Waals surface area contributed by atoms with Crippen LogP contribution in [0.15, 0.2) is 66.6 Å².